The van der Waals surface area contributed by atoms with Gasteiger partial charge in [-0.25, -0.2) is 0 Å². The highest BCUT2D eigenvalue weighted by Crippen LogP contribution is 2.31. The molecule has 2 atom stereocenters. The van der Waals surface area contributed by atoms with E-state index in [0.717, 1.165) is 0 Å². The molecule has 2 N–H and O–H groups in total. The van der Waals surface area contributed by atoms with Crippen LogP contribution in [0.1, 0.15) is 25.1 Å². The monoisotopic (exact) mass is 265 g/mol. The number of nitrogens with zero attached hydrogens (tertiary/aromatic N) is 2. The Morgan fingerprint density at radius 1 is 1.50 bits per heavy atom. The van der Waals surface area contributed by atoms with Crippen LogP contribution in [0.25, 0.3) is 0 Å². The summed E-state index contributed by atoms with van der Waals surface area (Å²) in [5.74, 6) is 0.285. The van der Waals surface area contributed by atoms with Crippen LogP contribution < -0.4 is 5.73 Å². The predicted octanol–water partition coefficient (Wildman–Crippen LogP) is 1.18. The predicted molar refractivity (Wildman–Crippen MR) is 54.8 cm³/mol. The van der Waals surface area contributed by atoms with Crippen molar-refractivity contribution in [3.8, 4) is 0 Å². The number of ether oxygens (including phenoxy) is 1. The van der Waals surface area contributed by atoms with Crippen LogP contribution in [0.15, 0.2) is 4.52 Å². The molecule has 1 fully saturated rings. The first-order valence-electron chi connectivity index (χ1n) is 5.54. The maximum atomic E-state index is 12.1. The van der Waals surface area contributed by atoms with Crippen molar-refractivity contribution >= 4 is 0 Å². The Kier molecular flexibility index (Phi) is 3.33. The zero-order valence-corrected chi connectivity index (χ0v) is 9.83. The van der Waals surface area contributed by atoms with Gasteiger partial charge in [0.15, 0.2) is 5.82 Å². The lowest BCUT2D eigenvalue weighted by atomic mass is 9.86. The van der Waals surface area contributed by atoms with E-state index in [1.807, 2.05) is 0 Å². The Morgan fingerprint density at radius 3 is 2.78 bits per heavy atom. The number of hydrogen-bond acceptors (Lipinski definition) is 5. The van der Waals surface area contributed by atoms with E-state index in [0.29, 0.717) is 13.2 Å². The van der Waals surface area contributed by atoms with Gasteiger partial charge in [0.25, 0.3) is 0 Å². The lowest BCUT2D eigenvalue weighted by Gasteiger charge is -2.21. The molecule has 18 heavy (non-hydrogen) atoms. The minimum Gasteiger partial charge on any atom is -0.379 e. The molecule has 2 unspecified atom stereocenters. The van der Waals surface area contributed by atoms with Crippen molar-refractivity contribution in [1.29, 1.82) is 0 Å². The smallest absolute Gasteiger partial charge is 0.379 e. The summed E-state index contributed by atoms with van der Waals surface area (Å²) < 4.78 is 46.4. The molecule has 1 aliphatic rings. The number of rotatable bonds is 3. The zero-order chi connectivity index (χ0) is 13.4. The van der Waals surface area contributed by atoms with E-state index in [4.69, 9.17) is 15.0 Å². The van der Waals surface area contributed by atoms with Crippen molar-refractivity contribution in [2.75, 3.05) is 13.2 Å². The van der Waals surface area contributed by atoms with E-state index in [9.17, 15) is 13.2 Å². The summed E-state index contributed by atoms with van der Waals surface area (Å²) in [6.07, 6.45) is -5.48. The molecule has 2 heterocycles. The molecule has 0 spiro atoms. The van der Waals surface area contributed by atoms with Crippen LogP contribution in [-0.2, 0) is 16.6 Å². The molecule has 0 radical (unpaired) electrons. The van der Waals surface area contributed by atoms with Crippen LogP contribution >= 0.6 is 0 Å². The minimum atomic E-state index is -4.22. The largest absolute Gasteiger partial charge is 0.389 e. The second-order valence-corrected chi connectivity index (χ2v) is 4.67. The van der Waals surface area contributed by atoms with Gasteiger partial charge in [-0.15, -0.1) is 0 Å². The molecule has 0 bridgehead atoms. The topological polar surface area (TPSA) is 74.2 Å². The Morgan fingerprint density at radius 2 is 2.22 bits per heavy atom. The van der Waals surface area contributed by atoms with Crippen molar-refractivity contribution in [2.24, 2.45) is 5.73 Å². The molecule has 1 aromatic rings. The van der Waals surface area contributed by atoms with Gasteiger partial charge >= 0.3 is 6.18 Å². The fourth-order valence-electron chi connectivity index (χ4n) is 1.75. The van der Waals surface area contributed by atoms with Crippen molar-refractivity contribution in [3.63, 3.8) is 0 Å². The number of hydrogen-bond donors (Lipinski definition) is 1. The lowest BCUT2D eigenvalue weighted by Crippen LogP contribution is -2.42. The summed E-state index contributed by atoms with van der Waals surface area (Å²) in [5, 5.41) is 3.55. The second-order valence-electron chi connectivity index (χ2n) is 4.67. The van der Waals surface area contributed by atoms with Gasteiger partial charge in [-0.1, -0.05) is 5.16 Å². The molecular formula is C10H14F3N3O2. The van der Waals surface area contributed by atoms with Gasteiger partial charge in [-0.2, -0.15) is 18.2 Å². The van der Waals surface area contributed by atoms with E-state index in [2.05, 4.69) is 10.1 Å². The van der Waals surface area contributed by atoms with Gasteiger partial charge in [0, 0.05) is 12.5 Å². The Hall–Kier alpha value is -1.15. The molecule has 0 saturated carbocycles. The fraction of sp³-hybridized carbons (Fsp3) is 0.800. The molecular weight excluding hydrogens is 251 g/mol. The Bertz CT molecular complexity index is 421. The molecule has 1 aromatic heterocycles. The first-order valence-corrected chi connectivity index (χ1v) is 5.54. The SMILES string of the molecule is CC1(c2nc(CCC(F)(F)F)no2)COCC1N. The van der Waals surface area contributed by atoms with Gasteiger partial charge in [0.05, 0.1) is 25.0 Å². The molecule has 5 nitrogen and oxygen atoms in total. The Balaban J connectivity index is 2.06. The zero-order valence-electron chi connectivity index (χ0n) is 9.83. The number of halogens is 3. The first kappa shape index (κ1) is 13.3. The molecule has 8 heteroatoms. The van der Waals surface area contributed by atoms with E-state index in [1.54, 1.807) is 6.92 Å². The molecule has 1 aliphatic heterocycles. The van der Waals surface area contributed by atoms with Crippen LogP contribution in [0.2, 0.25) is 0 Å². The maximum absolute atomic E-state index is 12.1. The molecule has 1 saturated heterocycles. The summed E-state index contributed by atoms with van der Waals surface area (Å²) >= 11 is 0. The fourth-order valence-corrected chi connectivity index (χ4v) is 1.75. The number of alkyl halides is 3. The maximum Gasteiger partial charge on any atom is 0.389 e. The summed E-state index contributed by atoms with van der Waals surface area (Å²) in [7, 11) is 0. The van der Waals surface area contributed by atoms with Crippen LogP contribution in [0.4, 0.5) is 13.2 Å². The highest BCUT2D eigenvalue weighted by molar-refractivity contribution is 5.11. The van der Waals surface area contributed by atoms with Gasteiger partial charge in [0.1, 0.15) is 0 Å². The van der Waals surface area contributed by atoms with E-state index >= 15 is 0 Å². The van der Waals surface area contributed by atoms with Crippen molar-refractivity contribution in [2.45, 2.75) is 37.4 Å². The van der Waals surface area contributed by atoms with Gasteiger partial charge in [-0.3, -0.25) is 0 Å². The second kappa shape index (κ2) is 4.51. The van der Waals surface area contributed by atoms with E-state index in [1.165, 1.54) is 0 Å². The molecule has 0 aromatic carbocycles. The van der Waals surface area contributed by atoms with Crippen molar-refractivity contribution in [1.82, 2.24) is 10.1 Å². The van der Waals surface area contributed by atoms with Crippen molar-refractivity contribution in [3.05, 3.63) is 11.7 Å². The van der Waals surface area contributed by atoms with E-state index < -0.39 is 18.0 Å². The highest BCUT2D eigenvalue weighted by Gasteiger charge is 2.44. The summed E-state index contributed by atoms with van der Waals surface area (Å²) in [6, 6.07) is -0.298. The third-order valence-electron chi connectivity index (χ3n) is 3.11. The molecule has 0 amide bonds. The normalized spacial score (nSPS) is 28.8. The summed E-state index contributed by atoms with van der Waals surface area (Å²) in [6.45, 7) is 2.50. The van der Waals surface area contributed by atoms with Crippen LogP contribution in [-0.4, -0.2) is 35.6 Å². The highest BCUT2D eigenvalue weighted by atomic mass is 19.4. The third-order valence-corrected chi connectivity index (χ3v) is 3.11. The first-order chi connectivity index (χ1) is 8.31. The number of aryl methyl sites for hydroxylation is 1. The number of nitrogens with two attached hydrogens (primary N) is 1. The summed E-state index contributed by atoms with van der Waals surface area (Å²) in [4.78, 5) is 3.98. The third kappa shape index (κ3) is 2.64. The van der Waals surface area contributed by atoms with Crippen LogP contribution in [0.5, 0.6) is 0 Å². The van der Waals surface area contributed by atoms with Gasteiger partial charge < -0.3 is 15.0 Å². The van der Waals surface area contributed by atoms with Crippen LogP contribution in [0, 0.1) is 0 Å². The molecule has 102 valence electrons. The summed E-state index contributed by atoms with van der Waals surface area (Å²) in [5.41, 5.74) is 5.24. The van der Waals surface area contributed by atoms with Crippen molar-refractivity contribution < 1.29 is 22.4 Å². The standard InChI is InChI=1S/C10H14F3N3O2/c1-9(5-17-4-6(9)14)8-15-7(16-18-8)2-3-10(11,12)13/h6H,2-5,14H2,1H3. The van der Waals surface area contributed by atoms with Crippen LogP contribution in [0.3, 0.4) is 0 Å². The molecule has 0 aliphatic carbocycles. The lowest BCUT2D eigenvalue weighted by molar-refractivity contribution is -0.134. The van der Waals surface area contributed by atoms with Gasteiger partial charge in [0.2, 0.25) is 5.89 Å². The average molecular weight is 265 g/mol. The Labute approximate surface area is 101 Å². The minimum absolute atomic E-state index is 0.0441. The van der Waals surface area contributed by atoms with Gasteiger partial charge in [-0.05, 0) is 6.92 Å². The van der Waals surface area contributed by atoms with E-state index in [-0.39, 0.29) is 24.2 Å². The quantitative estimate of drug-likeness (QED) is 0.888. The average Bonchev–Trinajstić information content (AvgIpc) is 2.84. The molecule has 2 rings (SSSR count). The number of aromatic nitrogens is 2.